The molecule has 0 aromatic heterocycles. The van der Waals surface area contributed by atoms with E-state index in [-0.39, 0.29) is 19.4 Å². The van der Waals surface area contributed by atoms with Gasteiger partial charge in [-0.15, -0.1) is 0 Å². The standard InChI is InChI=1S/C35H45NO5/c1-7-32(26-13-11-10-12-14-26)33(28-17-21-31(22-18-28)40-25-41-34(38)35(4,5)6)27-15-19-30(20-16-27)39-24-29(37)23-36(8-2)9-3/h10-22,29,37H,7-9,23-25H2,1-6H3. The van der Waals surface area contributed by atoms with Crippen LogP contribution in [0.3, 0.4) is 0 Å². The summed E-state index contributed by atoms with van der Waals surface area (Å²) in [5.74, 6) is 1.04. The van der Waals surface area contributed by atoms with Gasteiger partial charge in [0.05, 0.1) is 5.41 Å². The molecular formula is C35H45NO5. The van der Waals surface area contributed by atoms with Gasteiger partial charge in [0.1, 0.15) is 24.2 Å². The number of rotatable bonds is 14. The predicted molar refractivity (Wildman–Crippen MR) is 166 cm³/mol. The lowest BCUT2D eigenvalue weighted by Gasteiger charge is -2.22. The summed E-state index contributed by atoms with van der Waals surface area (Å²) in [7, 11) is 0. The molecule has 0 aliphatic rings. The summed E-state index contributed by atoms with van der Waals surface area (Å²) in [4.78, 5) is 14.2. The van der Waals surface area contributed by atoms with Crippen LogP contribution in [0.15, 0.2) is 78.9 Å². The van der Waals surface area contributed by atoms with Crippen LogP contribution >= 0.6 is 0 Å². The van der Waals surface area contributed by atoms with E-state index < -0.39 is 11.5 Å². The first-order valence-electron chi connectivity index (χ1n) is 14.5. The van der Waals surface area contributed by atoms with Crippen LogP contribution in [-0.2, 0) is 9.53 Å². The zero-order chi connectivity index (χ0) is 29.8. The van der Waals surface area contributed by atoms with Crippen molar-refractivity contribution in [2.45, 2.75) is 54.1 Å². The molecule has 0 bridgehead atoms. The molecule has 3 aromatic carbocycles. The lowest BCUT2D eigenvalue weighted by molar-refractivity contribution is -0.159. The molecule has 1 atom stereocenters. The lowest BCUT2D eigenvalue weighted by atomic mass is 9.88. The topological polar surface area (TPSA) is 68.2 Å². The van der Waals surface area contributed by atoms with Gasteiger partial charge in [0.25, 0.3) is 0 Å². The number of allylic oxidation sites excluding steroid dienone is 1. The fourth-order valence-corrected chi connectivity index (χ4v) is 4.51. The number of carbonyl (C=O) groups excluding carboxylic acids is 1. The van der Waals surface area contributed by atoms with Crippen molar-refractivity contribution in [2.24, 2.45) is 5.41 Å². The maximum Gasteiger partial charge on any atom is 0.314 e. The summed E-state index contributed by atoms with van der Waals surface area (Å²) in [5.41, 5.74) is 5.05. The number of likely N-dealkylation sites (N-methyl/N-ethyl adjacent to an activating group) is 1. The average Bonchev–Trinajstić information content (AvgIpc) is 2.98. The molecule has 3 rings (SSSR count). The molecule has 220 valence electrons. The molecule has 41 heavy (non-hydrogen) atoms. The molecule has 0 saturated heterocycles. The fourth-order valence-electron chi connectivity index (χ4n) is 4.51. The quantitative estimate of drug-likeness (QED) is 0.130. The van der Waals surface area contributed by atoms with Crippen molar-refractivity contribution in [3.05, 3.63) is 95.6 Å². The third-order valence-corrected chi connectivity index (χ3v) is 6.90. The van der Waals surface area contributed by atoms with Gasteiger partial charge in [-0.1, -0.05) is 75.4 Å². The van der Waals surface area contributed by atoms with Gasteiger partial charge in [0.2, 0.25) is 6.79 Å². The van der Waals surface area contributed by atoms with Crippen LogP contribution < -0.4 is 9.47 Å². The second kappa shape index (κ2) is 15.4. The maximum atomic E-state index is 12.0. The second-order valence-corrected chi connectivity index (χ2v) is 11.0. The third-order valence-electron chi connectivity index (χ3n) is 6.90. The number of hydrogen-bond donors (Lipinski definition) is 1. The van der Waals surface area contributed by atoms with E-state index >= 15 is 0 Å². The first kappa shape index (κ1) is 31.9. The van der Waals surface area contributed by atoms with E-state index in [0.717, 1.165) is 42.0 Å². The molecule has 0 spiro atoms. The van der Waals surface area contributed by atoms with Crippen LogP contribution in [-0.4, -0.2) is 55.1 Å². The highest BCUT2D eigenvalue weighted by atomic mass is 16.7. The Hall–Kier alpha value is -3.61. The van der Waals surface area contributed by atoms with E-state index in [9.17, 15) is 9.90 Å². The molecule has 6 nitrogen and oxygen atoms in total. The van der Waals surface area contributed by atoms with Crippen molar-refractivity contribution >= 4 is 17.1 Å². The lowest BCUT2D eigenvalue weighted by Crippen LogP contribution is -2.35. The second-order valence-electron chi connectivity index (χ2n) is 11.0. The monoisotopic (exact) mass is 559 g/mol. The summed E-state index contributed by atoms with van der Waals surface area (Å²) >= 11 is 0. The smallest absolute Gasteiger partial charge is 0.314 e. The van der Waals surface area contributed by atoms with Crippen molar-refractivity contribution < 1.29 is 24.1 Å². The van der Waals surface area contributed by atoms with Crippen LogP contribution in [0.2, 0.25) is 0 Å². The van der Waals surface area contributed by atoms with E-state index in [1.165, 1.54) is 11.1 Å². The van der Waals surface area contributed by atoms with Crippen molar-refractivity contribution in [3.63, 3.8) is 0 Å². The number of hydrogen-bond acceptors (Lipinski definition) is 6. The normalized spacial score (nSPS) is 13.0. The van der Waals surface area contributed by atoms with E-state index in [1.54, 1.807) is 0 Å². The zero-order valence-corrected chi connectivity index (χ0v) is 25.4. The van der Waals surface area contributed by atoms with Crippen LogP contribution in [0.25, 0.3) is 11.1 Å². The van der Waals surface area contributed by atoms with Gasteiger partial charge in [0, 0.05) is 6.54 Å². The third kappa shape index (κ3) is 9.48. The van der Waals surface area contributed by atoms with Crippen LogP contribution in [0.1, 0.15) is 64.7 Å². The highest BCUT2D eigenvalue weighted by Gasteiger charge is 2.23. The number of aliphatic hydroxyl groups excluding tert-OH is 1. The molecule has 1 unspecified atom stereocenters. The van der Waals surface area contributed by atoms with Gasteiger partial charge in [-0.2, -0.15) is 0 Å². The van der Waals surface area contributed by atoms with Crippen LogP contribution in [0.4, 0.5) is 0 Å². The number of aliphatic hydroxyl groups is 1. The summed E-state index contributed by atoms with van der Waals surface area (Å²) in [6, 6.07) is 26.3. The summed E-state index contributed by atoms with van der Waals surface area (Å²) in [6.07, 6.45) is 0.295. The Morgan fingerprint density at radius 3 is 1.80 bits per heavy atom. The number of carbonyl (C=O) groups is 1. The van der Waals surface area contributed by atoms with Crippen molar-refractivity contribution in [1.82, 2.24) is 4.90 Å². The average molecular weight is 560 g/mol. The Bertz CT molecular complexity index is 1240. The minimum atomic E-state index is -0.577. The number of benzene rings is 3. The molecule has 0 fully saturated rings. The summed E-state index contributed by atoms with van der Waals surface area (Å²) in [6.45, 7) is 14.3. The van der Waals surface area contributed by atoms with Crippen LogP contribution in [0, 0.1) is 5.41 Å². The van der Waals surface area contributed by atoms with Crippen molar-refractivity contribution in [2.75, 3.05) is 33.0 Å². The van der Waals surface area contributed by atoms with Gasteiger partial charge >= 0.3 is 5.97 Å². The van der Waals surface area contributed by atoms with E-state index in [2.05, 4.69) is 62.1 Å². The van der Waals surface area contributed by atoms with Gasteiger partial charge in [-0.25, -0.2) is 0 Å². The van der Waals surface area contributed by atoms with Crippen LogP contribution in [0.5, 0.6) is 11.5 Å². The van der Waals surface area contributed by atoms with Gasteiger partial charge in [-0.3, -0.25) is 4.79 Å². The Morgan fingerprint density at radius 1 is 0.780 bits per heavy atom. The highest BCUT2D eigenvalue weighted by molar-refractivity contribution is 5.98. The Morgan fingerprint density at radius 2 is 1.32 bits per heavy atom. The molecule has 0 amide bonds. The molecule has 0 saturated carbocycles. The minimum absolute atomic E-state index is 0.131. The van der Waals surface area contributed by atoms with Crippen molar-refractivity contribution in [3.8, 4) is 11.5 Å². The minimum Gasteiger partial charge on any atom is -0.491 e. The highest BCUT2D eigenvalue weighted by Crippen LogP contribution is 2.35. The molecule has 0 radical (unpaired) electrons. The largest absolute Gasteiger partial charge is 0.491 e. The fraction of sp³-hybridized carbons (Fsp3) is 0.400. The summed E-state index contributed by atoms with van der Waals surface area (Å²) in [5, 5.41) is 10.4. The zero-order valence-electron chi connectivity index (χ0n) is 25.4. The molecule has 0 heterocycles. The number of esters is 1. The van der Waals surface area contributed by atoms with Gasteiger partial charge in [-0.05, 0) is 92.4 Å². The first-order valence-corrected chi connectivity index (χ1v) is 14.5. The molecule has 0 aliphatic carbocycles. The maximum absolute atomic E-state index is 12.0. The Kier molecular flexibility index (Phi) is 12.0. The molecule has 3 aromatic rings. The molecule has 1 N–H and O–H groups in total. The molecule has 0 aliphatic heterocycles. The number of ether oxygens (including phenoxy) is 3. The summed E-state index contributed by atoms with van der Waals surface area (Å²) < 4.78 is 16.8. The van der Waals surface area contributed by atoms with Gasteiger partial charge < -0.3 is 24.2 Å². The van der Waals surface area contributed by atoms with Gasteiger partial charge in [0.15, 0.2) is 0 Å². The molecule has 6 heteroatoms. The molecular weight excluding hydrogens is 514 g/mol. The van der Waals surface area contributed by atoms with E-state index in [0.29, 0.717) is 12.3 Å². The Labute approximate surface area is 245 Å². The van der Waals surface area contributed by atoms with E-state index in [4.69, 9.17) is 14.2 Å². The SMILES string of the molecule is CCC(=C(c1ccc(OCOC(=O)C(C)(C)C)cc1)c1ccc(OCC(O)CN(CC)CC)cc1)c1ccccc1. The number of nitrogens with zero attached hydrogens (tertiary/aromatic N) is 1. The first-order chi connectivity index (χ1) is 19.7. The van der Waals surface area contributed by atoms with E-state index in [1.807, 2.05) is 63.2 Å². The van der Waals surface area contributed by atoms with Crippen molar-refractivity contribution in [1.29, 1.82) is 0 Å². The Balaban J connectivity index is 1.83. The predicted octanol–water partition coefficient (Wildman–Crippen LogP) is 7.06.